The Balaban J connectivity index is 1.94. The number of ketones is 1. The highest BCUT2D eigenvalue weighted by Gasteiger charge is 2.28. The summed E-state index contributed by atoms with van der Waals surface area (Å²) in [5.41, 5.74) is 5.90. The Bertz CT molecular complexity index is 747. The summed E-state index contributed by atoms with van der Waals surface area (Å²) in [6, 6.07) is 10.00. The fraction of sp³-hybridized carbons (Fsp3) is 0.316. The molecule has 114 valence electrons. The van der Waals surface area contributed by atoms with Gasteiger partial charge in [0.2, 0.25) is 0 Å². The van der Waals surface area contributed by atoms with Gasteiger partial charge in [-0.05, 0) is 62.8 Å². The molecule has 0 atom stereocenters. The number of ether oxygens (including phenoxy) is 1. The Morgan fingerprint density at radius 2 is 1.77 bits per heavy atom. The second-order valence-electron chi connectivity index (χ2n) is 6.19. The molecule has 0 unspecified atom stereocenters. The zero-order chi connectivity index (χ0) is 15.9. The number of hydrogen-bond acceptors (Lipinski definition) is 3. The van der Waals surface area contributed by atoms with Gasteiger partial charge >= 0.3 is 0 Å². The van der Waals surface area contributed by atoms with Crippen LogP contribution in [0.5, 0.6) is 5.75 Å². The van der Waals surface area contributed by atoms with Crippen molar-refractivity contribution in [1.82, 2.24) is 4.90 Å². The van der Waals surface area contributed by atoms with Crippen LogP contribution in [0.3, 0.4) is 0 Å². The van der Waals surface area contributed by atoms with E-state index in [1.54, 1.807) is 0 Å². The molecule has 3 rings (SSSR count). The van der Waals surface area contributed by atoms with Crippen LogP contribution in [-0.2, 0) is 0 Å². The van der Waals surface area contributed by atoms with Crippen molar-refractivity contribution in [2.45, 2.75) is 13.8 Å². The molecule has 0 radical (unpaired) electrons. The lowest BCUT2D eigenvalue weighted by atomic mass is 9.99. The van der Waals surface area contributed by atoms with Crippen LogP contribution < -0.4 is 4.74 Å². The molecule has 3 heteroatoms. The van der Waals surface area contributed by atoms with E-state index in [-0.39, 0.29) is 5.78 Å². The smallest absolute Gasteiger partial charge is 0.194 e. The van der Waals surface area contributed by atoms with Gasteiger partial charge in [0.15, 0.2) is 5.78 Å². The van der Waals surface area contributed by atoms with Gasteiger partial charge in [0.1, 0.15) is 12.4 Å². The first kappa shape index (κ1) is 14.8. The summed E-state index contributed by atoms with van der Waals surface area (Å²) in [5.74, 6) is 0.872. The summed E-state index contributed by atoms with van der Waals surface area (Å²) >= 11 is 0. The van der Waals surface area contributed by atoms with Crippen LogP contribution in [0.15, 0.2) is 30.3 Å². The van der Waals surface area contributed by atoms with Gasteiger partial charge in [-0.25, -0.2) is 0 Å². The Morgan fingerprint density at radius 3 is 2.50 bits per heavy atom. The minimum Gasteiger partial charge on any atom is -0.492 e. The number of nitrogens with zero attached hydrogens (tertiary/aromatic N) is 1. The number of benzene rings is 2. The molecule has 0 saturated carbocycles. The number of carbonyl (C=O) groups excluding carboxylic acids is 1. The van der Waals surface area contributed by atoms with Crippen LogP contribution in [0.25, 0.3) is 11.1 Å². The van der Waals surface area contributed by atoms with Crippen molar-refractivity contribution < 1.29 is 9.53 Å². The lowest BCUT2D eigenvalue weighted by Crippen LogP contribution is -2.19. The maximum atomic E-state index is 12.7. The van der Waals surface area contributed by atoms with Crippen LogP contribution in [0.2, 0.25) is 0 Å². The van der Waals surface area contributed by atoms with Crippen LogP contribution in [0.1, 0.15) is 27.0 Å². The molecule has 0 saturated heterocycles. The molecule has 0 heterocycles. The van der Waals surface area contributed by atoms with Crippen LogP contribution in [0, 0.1) is 13.8 Å². The van der Waals surface area contributed by atoms with E-state index in [9.17, 15) is 4.79 Å². The third-order valence-corrected chi connectivity index (χ3v) is 4.04. The Labute approximate surface area is 131 Å². The second kappa shape index (κ2) is 5.58. The molecule has 22 heavy (non-hydrogen) atoms. The van der Waals surface area contributed by atoms with E-state index in [2.05, 4.69) is 24.0 Å². The normalized spacial score (nSPS) is 12.5. The molecule has 0 fully saturated rings. The van der Waals surface area contributed by atoms with E-state index >= 15 is 0 Å². The predicted octanol–water partition coefficient (Wildman–Crippen LogP) is 3.46. The number of hydrogen-bond donors (Lipinski definition) is 0. The van der Waals surface area contributed by atoms with Crippen molar-refractivity contribution in [1.29, 1.82) is 0 Å². The highest BCUT2D eigenvalue weighted by molar-refractivity contribution is 6.22. The van der Waals surface area contributed by atoms with Gasteiger partial charge in [0.05, 0.1) is 0 Å². The minimum atomic E-state index is 0.112. The first-order valence-corrected chi connectivity index (χ1v) is 7.55. The molecule has 3 nitrogen and oxygen atoms in total. The largest absolute Gasteiger partial charge is 0.492 e. The SMILES string of the molecule is Cc1cc(C)c2c(c1)-c1ccc(OCCN(C)C)cc1C2=O. The second-order valence-corrected chi connectivity index (χ2v) is 6.19. The highest BCUT2D eigenvalue weighted by atomic mass is 16.5. The lowest BCUT2D eigenvalue weighted by molar-refractivity contribution is 0.104. The summed E-state index contributed by atoms with van der Waals surface area (Å²) in [5, 5.41) is 0. The average Bonchev–Trinajstić information content (AvgIpc) is 2.71. The Morgan fingerprint density at radius 1 is 1.00 bits per heavy atom. The molecule has 0 spiro atoms. The minimum absolute atomic E-state index is 0.112. The van der Waals surface area contributed by atoms with Gasteiger partial charge in [0.25, 0.3) is 0 Å². The highest BCUT2D eigenvalue weighted by Crippen LogP contribution is 2.40. The molecule has 2 aromatic carbocycles. The van der Waals surface area contributed by atoms with Crippen molar-refractivity contribution in [3.05, 3.63) is 52.6 Å². The maximum Gasteiger partial charge on any atom is 0.194 e. The zero-order valence-electron chi connectivity index (χ0n) is 13.6. The van der Waals surface area contributed by atoms with Crippen LogP contribution in [0.4, 0.5) is 0 Å². The van der Waals surface area contributed by atoms with Crippen molar-refractivity contribution >= 4 is 5.78 Å². The topological polar surface area (TPSA) is 29.5 Å². The Hall–Kier alpha value is -2.13. The molecule has 1 aliphatic rings. The van der Waals surface area contributed by atoms with E-state index in [0.717, 1.165) is 40.1 Å². The van der Waals surface area contributed by atoms with E-state index in [1.165, 1.54) is 5.56 Å². The molecule has 0 N–H and O–H groups in total. The number of aryl methyl sites for hydroxylation is 2. The quantitative estimate of drug-likeness (QED) is 0.738. The number of likely N-dealkylation sites (N-methyl/N-ethyl adjacent to an activating group) is 1. The van der Waals surface area contributed by atoms with Gasteiger partial charge < -0.3 is 9.64 Å². The van der Waals surface area contributed by atoms with E-state index in [0.29, 0.717) is 6.61 Å². The molecule has 2 aromatic rings. The van der Waals surface area contributed by atoms with E-state index < -0.39 is 0 Å². The number of fused-ring (bicyclic) bond motifs is 3. The van der Waals surface area contributed by atoms with Crippen molar-refractivity contribution in [3.63, 3.8) is 0 Å². The summed E-state index contributed by atoms with van der Waals surface area (Å²) in [6.07, 6.45) is 0. The molecular weight excluding hydrogens is 274 g/mol. The fourth-order valence-corrected chi connectivity index (χ4v) is 3.00. The summed E-state index contributed by atoms with van der Waals surface area (Å²) < 4.78 is 5.75. The zero-order valence-corrected chi connectivity index (χ0v) is 13.6. The van der Waals surface area contributed by atoms with Gasteiger partial charge in [-0.1, -0.05) is 17.7 Å². The van der Waals surface area contributed by atoms with Gasteiger partial charge in [-0.3, -0.25) is 4.79 Å². The molecule has 0 aromatic heterocycles. The maximum absolute atomic E-state index is 12.7. The average molecular weight is 295 g/mol. The van der Waals surface area contributed by atoms with E-state index in [4.69, 9.17) is 4.74 Å². The third kappa shape index (κ3) is 2.53. The first-order valence-electron chi connectivity index (χ1n) is 7.55. The lowest BCUT2D eigenvalue weighted by Gasteiger charge is -2.11. The van der Waals surface area contributed by atoms with Crippen molar-refractivity contribution in [3.8, 4) is 16.9 Å². The monoisotopic (exact) mass is 295 g/mol. The molecule has 0 aliphatic heterocycles. The number of carbonyl (C=O) groups is 1. The standard InChI is InChI=1S/C19H21NO2/c1-12-9-13(2)18-16(10-12)15-6-5-14(11-17(15)19(18)21)22-8-7-20(3)4/h5-6,9-11H,7-8H2,1-4H3. The Kier molecular flexibility index (Phi) is 3.75. The van der Waals surface area contributed by atoms with Gasteiger partial charge in [-0.15, -0.1) is 0 Å². The molecule has 1 aliphatic carbocycles. The molecule has 0 bridgehead atoms. The van der Waals surface area contributed by atoms with E-state index in [1.807, 2.05) is 39.2 Å². The van der Waals surface area contributed by atoms with Gasteiger partial charge in [-0.2, -0.15) is 0 Å². The summed E-state index contributed by atoms with van der Waals surface area (Å²) in [7, 11) is 4.02. The molecule has 0 amide bonds. The van der Waals surface area contributed by atoms with Crippen molar-refractivity contribution in [2.24, 2.45) is 0 Å². The van der Waals surface area contributed by atoms with Gasteiger partial charge in [0, 0.05) is 17.7 Å². The van der Waals surface area contributed by atoms with Crippen LogP contribution in [-0.4, -0.2) is 37.9 Å². The first-order chi connectivity index (χ1) is 10.5. The third-order valence-electron chi connectivity index (χ3n) is 4.04. The summed E-state index contributed by atoms with van der Waals surface area (Å²) in [4.78, 5) is 14.8. The predicted molar refractivity (Wildman–Crippen MR) is 88.8 cm³/mol. The van der Waals surface area contributed by atoms with Crippen molar-refractivity contribution in [2.75, 3.05) is 27.2 Å². The van der Waals surface area contributed by atoms with Crippen LogP contribution >= 0.6 is 0 Å². The summed E-state index contributed by atoms with van der Waals surface area (Å²) in [6.45, 7) is 5.53. The number of rotatable bonds is 4. The molecular formula is C19H21NO2. The fourth-order valence-electron chi connectivity index (χ4n) is 3.00.